The van der Waals surface area contributed by atoms with E-state index in [2.05, 4.69) is 9.62 Å². The van der Waals surface area contributed by atoms with Crippen molar-refractivity contribution in [2.24, 2.45) is 5.92 Å². The molecule has 0 atom stereocenters. The molecule has 3 rings (SSSR count). The average Bonchev–Trinajstić information content (AvgIpc) is 2.63. The molecule has 7 heteroatoms. The summed E-state index contributed by atoms with van der Waals surface area (Å²) in [4.78, 5) is 2.79. The number of likely N-dealkylation sites (tertiary alicyclic amines) is 1. The molecule has 0 bridgehead atoms. The highest BCUT2D eigenvalue weighted by Crippen LogP contribution is 2.24. The van der Waals surface area contributed by atoms with Gasteiger partial charge in [0.2, 0.25) is 10.0 Å². The second-order valence-electron chi connectivity index (χ2n) is 7.09. The lowest BCUT2D eigenvalue weighted by molar-refractivity contribution is 0.0214. The van der Waals surface area contributed by atoms with Gasteiger partial charge in [-0.2, -0.15) is 0 Å². The highest BCUT2D eigenvalue weighted by atomic mass is 35.5. The number of sulfonamides is 1. The lowest BCUT2D eigenvalue weighted by Crippen LogP contribution is -2.45. The first-order valence-electron chi connectivity index (χ1n) is 9.03. The van der Waals surface area contributed by atoms with Gasteiger partial charge in [0.25, 0.3) is 0 Å². The maximum absolute atomic E-state index is 12.5. The highest BCUT2D eigenvalue weighted by Gasteiger charge is 2.27. The van der Waals surface area contributed by atoms with Crippen molar-refractivity contribution in [2.75, 3.05) is 32.8 Å². The summed E-state index contributed by atoms with van der Waals surface area (Å²) in [6.07, 6.45) is 4.31. The molecule has 5 nitrogen and oxygen atoms in total. The summed E-state index contributed by atoms with van der Waals surface area (Å²) in [6.45, 7) is 6.18. The van der Waals surface area contributed by atoms with Gasteiger partial charge in [-0.25, -0.2) is 13.1 Å². The van der Waals surface area contributed by atoms with Crippen molar-refractivity contribution in [3.63, 3.8) is 0 Å². The van der Waals surface area contributed by atoms with Gasteiger partial charge in [-0.15, -0.1) is 0 Å². The first-order chi connectivity index (χ1) is 12.0. The largest absolute Gasteiger partial charge is 0.381 e. The van der Waals surface area contributed by atoms with Crippen molar-refractivity contribution in [1.29, 1.82) is 0 Å². The third-order valence-corrected chi connectivity index (χ3v) is 7.20. The van der Waals surface area contributed by atoms with E-state index in [1.165, 1.54) is 6.07 Å². The number of piperidine rings is 1. The first kappa shape index (κ1) is 19.1. The van der Waals surface area contributed by atoms with Crippen LogP contribution in [0.4, 0.5) is 0 Å². The van der Waals surface area contributed by atoms with Gasteiger partial charge >= 0.3 is 0 Å². The van der Waals surface area contributed by atoms with Crippen molar-refractivity contribution >= 4 is 21.6 Å². The van der Waals surface area contributed by atoms with E-state index in [1.807, 2.05) is 6.92 Å². The Hall–Kier alpha value is -0.660. The van der Waals surface area contributed by atoms with Gasteiger partial charge < -0.3 is 9.64 Å². The second-order valence-corrected chi connectivity index (χ2v) is 9.26. The van der Waals surface area contributed by atoms with Crippen LogP contribution in [0.2, 0.25) is 5.02 Å². The van der Waals surface area contributed by atoms with E-state index in [0.717, 1.165) is 57.6 Å². The van der Waals surface area contributed by atoms with Crippen LogP contribution in [-0.4, -0.2) is 52.2 Å². The monoisotopic (exact) mass is 386 g/mol. The van der Waals surface area contributed by atoms with E-state index in [-0.39, 0.29) is 4.90 Å². The van der Waals surface area contributed by atoms with E-state index in [1.54, 1.807) is 12.1 Å². The van der Waals surface area contributed by atoms with Crippen molar-refractivity contribution < 1.29 is 13.2 Å². The Balaban J connectivity index is 1.49. The van der Waals surface area contributed by atoms with E-state index in [4.69, 9.17) is 16.3 Å². The van der Waals surface area contributed by atoms with Gasteiger partial charge in [-0.1, -0.05) is 17.7 Å². The van der Waals surface area contributed by atoms with Crippen LogP contribution in [0.15, 0.2) is 23.1 Å². The first-order valence-corrected chi connectivity index (χ1v) is 10.9. The average molecular weight is 387 g/mol. The van der Waals surface area contributed by atoms with E-state index in [0.29, 0.717) is 23.5 Å². The van der Waals surface area contributed by atoms with Gasteiger partial charge in [-0.3, -0.25) is 0 Å². The zero-order valence-corrected chi connectivity index (χ0v) is 16.3. The number of rotatable bonds is 5. The molecule has 0 saturated carbocycles. The van der Waals surface area contributed by atoms with Crippen LogP contribution in [0.3, 0.4) is 0 Å². The SMILES string of the molecule is Cc1ccc(S(=O)(=O)NCC2CCN(C3CCOCC3)CC2)cc1Cl. The second kappa shape index (κ2) is 8.35. The zero-order valence-electron chi connectivity index (χ0n) is 14.7. The fourth-order valence-corrected chi connectivity index (χ4v) is 5.01. The van der Waals surface area contributed by atoms with Crippen LogP contribution in [0.1, 0.15) is 31.2 Å². The molecule has 2 fully saturated rings. The Morgan fingerprint density at radius 3 is 2.52 bits per heavy atom. The summed E-state index contributed by atoms with van der Waals surface area (Å²) in [7, 11) is -3.50. The molecule has 140 valence electrons. The summed E-state index contributed by atoms with van der Waals surface area (Å²) in [5, 5.41) is 0.479. The predicted octanol–water partition coefficient (Wildman–Crippen LogP) is 2.82. The lowest BCUT2D eigenvalue weighted by atomic mass is 9.94. The van der Waals surface area contributed by atoms with Gasteiger partial charge in [0, 0.05) is 30.8 Å². The Labute approximate surface area is 155 Å². The fourth-order valence-electron chi connectivity index (χ4n) is 3.62. The van der Waals surface area contributed by atoms with Crippen LogP contribution < -0.4 is 4.72 Å². The summed E-state index contributed by atoms with van der Waals surface area (Å²) < 4.78 is 33.1. The topological polar surface area (TPSA) is 58.6 Å². The molecule has 2 aliphatic heterocycles. The summed E-state index contributed by atoms with van der Waals surface area (Å²) in [6, 6.07) is 5.51. The highest BCUT2D eigenvalue weighted by molar-refractivity contribution is 7.89. The lowest BCUT2D eigenvalue weighted by Gasteiger charge is -2.39. The molecular weight excluding hydrogens is 360 g/mol. The molecule has 0 radical (unpaired) electrons. The van der Waals surface area contributed by atoms with Crippen LogP contribution >= 0.6 is 11.6 Å². The summed E-state index contributed by atoms with van der Waals surface area (Å²) in [5.74, 6) is 0.395. The molecule has 1 N–H and O–H groups in total. The minimum Gasteiger partial charge on any atom is -0.381 e. The van der Waals surface area contributed by atoms with Gasteiger partial charge in [-0.05, 0) is 69.3 Å². The van der Waals surface area contributed by atoms with E-state index < -0.39 is 10.0 Å². The molecule has 2 heterocycles. The number of aryl methyl sites for hydroxylation is 1. The molecule has 25 heavy (non-hydrogen) atoms. The van der Waals surface area contributed by atoms with Gasteiger partial charge in [0.15, 0.2) is 0 Å². The number of halogens is 1. The van der Waals surface area contributed by atoms with Crippen molar-refractivity contribution in [2.45, 2.75) is 43.5 Å². The minimum atomic E-state index is -3.50. The summed E-state index contributed by atoms with van der Waals surface area (Å²) >= 11 is 6.05. The van der Waals surface area contributed by atoms with Crippen LogP contribution in [0.5, 0.6) is 0 Å². The van der Waals surface area contributed by atoms with Crippen LogP contribution in [0, 0.1) is 12.8 Å². The van der Waals surface area contributed by atoms with Gasteiger partial charge in [0.05, 0.1) is 4.90 Å². The van der Waals surface area contributed by atoms with Crippen molar-refractivity contribution in [1.82, 2.24) is 9.62 Å². The Morgan fingerprint density at radius 1 is 1.20 bits per heavy atom. The molecule has 0 aromatic heterocycles. The number of ether oxygens (including phenoxy) is 1. The maximum Gasteiger partial charge on any atom is 0.240 e. The third kappa shape index (κ3) is 4.95. The molecule has 1 aromatic carbocycles. The maximum atomic E-state index is 12.5. The normalized spacial score (nSPS) is 21.5. The Kier molecular flexibility index (Phi) is 6.39. The van der Waals surface area contributed by atoms with Gasteiger partial charge in [0.1, 0.15) is 0 Å². The van der Waals surface area contributed by atoms with Crippen LogP contribution in [-0.2, 0) is 14.8 Å². The molecule has 0 unspecified atom stereocenters. The Bertz CT molecular complexity index is 682. The summed E-state index contributed by atoms with van der Waals surface area (Å²) in [5.41, 5.74) is 0.876. The van der Waals surface area contributed by atoms with E-state index in [9.17, 15) is 8.42 Å². The predicted molar refractivity (Wildman–Crippen MR) is 99.5 cm³/mol. The number of hydrogen-bond donors (Lipinski definition) is 1. The van der Waals surface area contributed by atoms with Crippen molar-refractivity contribution in [3.05, 3.63) is 28.8 Å². The van der Waals surface area contributed by atoms with Crippen LogP contribution in [0.25, 0.3) is 0 Å². The molecule has 2 saturated heterocycles. The number of hydrogen-bond acceptors (Lipinski definition) is 4. The van der Waals surface area contributed by atoms with Crippen molar-refractivity contribution in [3.8, 4) is 0 Å². The number of nitrogens with one attached hydrogen (secondary N) is 1. The molecule has 0 amide bonds. The molecule has 2 aliphatic rings. The molecule has 0 aliphatic carbocycles. The molecule has 0 spiro atoms. The quantitative estimate of drug-likeness (QED) is 0.845. The standard InChI is InChI=1S/C18H27ClN2O3S/c1-14-2-3-17(12-18(14)19)25(22,23)20-13-15-4-8-21(9-5-15)16-6-10-24-11-7-16/h2-3,12,15-16,20H,4-11,13H2,1H3. The smallest absolute Gasteiger partial charge is 0.240 e. The number of nitrogens with zero attached hydrogens (tertiary/aromatic N) is 1. The molecule has 1 aromatic rings. The number of benzene rings is 1. The third-order valence-electron chi connectivity index (χ3n) is 5.37. The minimum absolute atomic E-state index is 0.239. The Morgan fingerprint density at radius 2 is 1.88 bits per heavy atom. The fraction of sp³-hybridized carbons (Fsp3) is 0.667. The molecular formula is C18H27ClN2O3S. The van der Waals surface area contributed by atoms with E-state index >= 15 is 0 Å². The zero-order chi connectivity index (χ0) is 17.9.